The summed E-state index contributed by atoms with van der Waals surface area (Å²) in [5.74, 6) is 1.20. The first-order chi connectivity index (χ1) is 14.1. The van der Waals surface area contributed by atoms with Gasteiger partial charge in [-0.15, -0.1) is 0 Å². The van der Waals surface area contributed by atoms with Gasteiger partial charge in [-0.05, 0) is 42.3 Å². The van der Waals surface area contributed by atoms with Crippen LogP contribution in [0, 0.1) is 5.82 Å². The van der Waals surface area contributed by atoms with Crippen molar-refractivity contribution in [1.82, 2.24) is 4.90 Å². The number of fused-ring (bicyclic) bond motifs is 1. The van der Waals surface area contributed by atoms with E-state index in [0.29, 0.717) is 32.5 Å². The molecular formula is C22H25FN2O4. The lowest BCUT2D eigenvalue weighted by atomic mass is 10.0. The third kappa shape index (κ3) is 4.86. The highest BCUT2D eigenvalue weighted by molar-refractivity contribution is 6.01. The van der Waals surface area contributed by atoms with Gasteiger partial charge >= 0.3 is 0 Å². The zero-order valence-corrected chi connectivity index (χ0v) is 16.4. The number of hydrogen-bond donors (Lipinski definition) is 1. The number of ether oxygens (including phenoxy) is 2. The van der Waals surface area contributed by atoms with Crippen LogP contribution >= 0.6 is 0 Å². The van der Waals surface area contributed by atoms with Crippen molar-refractivity contribution >= 4 is 5.71 Å². The standard InChI is InChI=1S/C22H25FN2O4/c1-2-18(26)12-25(11-15-3-6-17(23)7-4-15)13-19-10-20(24-29-19)16-5-8-21-22(9-16)28-14-27-21/h3-9,18-19,26H,2,10-14H2,1H3. The Bertz CT molecular complexity index is 872. The second-order valence-electron chi connectivity index (χ2n) is 7.42. The molecule has 2 aromatic rings. The van der Waals surface area contributed by atoms with Crippen LogP contribution in [0.5, 0.6) is 11.5 Å². The van der Waals surface area contributed by atoms with Crippen LogP contribution in [0.3, 0.4) is 0 Å². The maximum atomic E-state index is 13.2. The second-order valence-corrected chi connectivity index (χ2v) is 7.42. The Morgan fingerprint density at radius 2 is 1.97 bits per heavy atom. The van der Waals surface area contributed by atoms with Gasteiger partial charge in [0, 0.05) is 31.6 Å². The molecule has 2 unspecified atom stereocenters. The summed E-state index contributed by atoms with van der Waals surface area (Å²) in [4.78, 5) is 7.80. The summed E-state index contributed by atoms with van der Waals surface area (Å²) in [5.41, 5.74) is 2.81. The topological polar surface area (TPSA) is 63.5 Å². The van der Waals surface area contributed by atoms with Crippen LogP contribution in [0.1, 0.15) is 30.9 Å². The maximum absolute atomic E-state index is 13.2. The zero-order chi connectivity index (χ0) is 20.2. The van der Waals surface area contributed by atoms with E-state index in [9.17, 15) is 9.50 Å². The average molecular weight is 400 g/mol. The lowest BCUT2D eigenvalue weighted by molar-refractivity contribution is 0.0315. The van der Waals surface area contributed by atoms with Gasteiger partial charge < -0.3 is 19.4 Å². The molecule has 2 aromatic carbocycles. The van der Waals surface area contributed by atoms with Crippen molar-refractivity contribution in [2.24, 2.45) is 5.16 Å². The summed E-state index contributed by atoms with van der Waals surface area (Å²) in [6.45, 7) is 3.94. The molecule has 6 nitrogen and oxygen atoms in total. The van der Waals surface area contributed by atoms with Crippen molar-refractivity contribution in [1.29, 1.82) is 0 Å². The molecule has 2 aliphatic rings. The molecule has 29 heavy (non-hydrogen) atoms. The summed E-state index contributed by atoms with van der Waals surface area (Å²) < 4.78 is 24.0. The molecule has 7 heteroatoms. The Hall–Kier alpha value is -2.64. The van der Waals surface area contributed by atoms with Crippen LogP contribution in [0.4, 0.5) is 4.39 Å². The summed E-state index contributed by atoms with van der Waals surface area (Å²) in [5, 5.41) is 14.4. The molecule has 1 N–H and O–H groups in total. The third-order valence-electron chi connectivity index (χ3n) is 5.16. The van der Waals surface area contributed by atoms with Gasteiger partial charge in [-0.3, -0.25) is 4.90 Å². The first-order valence-electron chi connectivity index (χ1n) is 9.88. The first kappa shape index (κ1) is 19.7. The predicted molar refractivity (Wildman–Crippen MR) is 107 cm³/mol. The van der Waals surface area contributed by atoms with Crippen LogP contribution in [-0.2, 0) is 11.4 Å². The van der Waals surface area contributed by atoms with E-state index >= 15 is 0 Å². The molecule has 0 saturated heterocycles. The average Bonchev–Trinajstić information content (AvgIpc) is 3.38. The fourth-order valence-electron chi connectivity index (χ4n) is 3.54. The quantitative estimate of drug-likeness (QED) is 0.737. The summed E-state index contributed by atoms with van der Waals surface area (Å²) in [6.07, 6.45) is 0.803. The van der Waals surface area contributed by atoms with Gasteiger partial charge in [0.25, 0.3) is 0 Å². The molecule has 4 rings (SSSR count). The molecule has 154 valence electrons. The number of halogens is 1. The normalized spacial score (nSPS) is 18.6. The molecule has 0 saturated carbocycles. The Balaban J connectivity index is 1.39. The van der Waals surface area contributed by atoms with E-state index in [0.717, 1.165) is 28.3 Å². The van der Waals surface area contributed by atoms with Gasteiger partial charge in [-0.1, -0.05) is 24.2 Å². The van der Waals surface area contributed by atoms with E-state index in [1.165, 1.54) is 12.1 Å². The van der Waals surface area contributed by atoms with E-state index < -0.39 is 6.10 Å². The van der Waals surface area contributed by atoms with Crippen molar-refractivity contribution in [2.75, 3.05) is 19.9 Å². The molecule has 0 aromatic heterocycles. The fraction of sp³-hybridized carbons (Fsp3) is 0.409. The van der Waals surface area contributed by atoms with E-state index in [2.05, 4.69) is 10.1 Å². The molecule has 0 aliphatic carbocycles. The first-order valence-corrected chi connectivity index (χ1v) is 9.88. The van der Waals surface area contributed by atoms with Crippen molar-refractivity contribution < 1.29 is 23.8 Å². The molecule has 0 bridgehead atoms. The van der Waals surface area contributed by atoms with Gasteiger partial charge in [-0.25, -0.2) is 4.39 Å². The van der Waals surface area contributed by atoms with E-state index in [-0.39, 0.29) is 18.7 Å². The van der Waals surface area contributed by atoms with Gasteiger partial charge in [0.05, 0.1) is 11.8 Å². The molecule has 0 amide bonds. The lowest BCUT2D eigenvalue weighted by Crippen LogP contribution is -2.37. The minimum absolute atomic E-state index is 0.111. The fourth-order valence-corrected chi connectivity index (χ4v) is 3.54. The lowest BCUT2D eigenvalue weighted by Gasteiger charge is -2.26. The molecule has 2 aliphatic heterocycles. The highest BCUT2D eigenvalue weighted by Crippen LogP contribution is 2.33. The molecule has 2 heterocycles. The SMILES string of the molecule is CCC(O)CN(Cc1ccc(F)cc1)CC1CC(c2ccc3c(c2)OCO3)=NO1. The highest BCUT2D eigenvalue weighted by Gasteiger charge is 2.26. The minimum Gasteiger partial charge on any atom is -0.454 e. The molecule has 0 fully saturated rings. The van der Waals surface area contributed by atoms with Gasteiger partial charge in [-0.2, -0.15) is 0 Å². The number of aliphatic hydroxyl groups excluding tert-OH is 1. The second kappa shape index (κ2) is 8.80. The number of hydrogen-bond acceptors (Lipinski definition) is 6. The predicted octanol–water partition coefficient (Wildman–Crippen LogP) is 3.32. The third-order valence-corrected chi connectivity index (χ3v) is 5.16. The number of aliphatic hydroxyl groups is 1. The number of rotatable bonds is 8. The molecule has 2 atom stereocenters. The van der Waals surface area contributed by atoms with Crippen molar-refractivity contribution in [2.45, 2.75) is 38.5 Å². The largest absolute Gasteiger partial charge is 0.454 e. The zero-order valence-electron chi connectivity index (χ0n) is 16.4. The molecule has 0 spiro atoms. The van der Waals surface area contributed by atoms with Crippen LogP contribution in [0.25, 0.3) is 0 Å². The van der Waals surface area contributed by atoms with Crippen LogP contribution in [0.15, 0.2) is 47.6 Å². The highest BCUT2D eigenvalue weighted by atomic mass is 19.1. The summed E-state index contributed by atoms with van der Waals surface area (Å²) in [7, 11) is 0. The van der Waals surface area contributed by atoms with Crippen molar-refractivity contribution in [3.8, 4) is 11.5 Å². The Morgan fingerprint density at radius 3 is 2.76 bits per heavy atom. The Labute approximate surface area is 169 Å². The van der Waals surface area contributed by atoms with E-state index in [1.54, 1.807) is 12.1 Å². The molecular weight excluding hydrogens is 375 g/mol. The summed E-state index contributed by atoms with van der Waals surface area (Å²) >= 11 is 0. The van der Waals surface area contributed by atoms with Gasteiger partial charge in [0.1, 0.15) is 11.9 Å². The monoisotopic (exact) mass is 400 g/mol. The maximum Gasteiger partial charge on any atom is 0.231 e. The van der Waals surface area contributed by atoms with E-state index in [4.69, 9.17) is 14.3 Å². The summed E-state index contributed by atoms with van der Waals surface area (Å²) in [6, 6.07) is 12.2. The van der Waals surface area contributed by atoms with Crippen LogP contribution in [-0.4, -0.2) is 47.8 Å². The number of benzene rings is 2. The molecule has 0 radical (unpaired) electrons. The van der Waals surface area contributed by atoms with E-state index in [1.807, 2.05) is 25.1 Å². The number of nitrogens with zero attached hydrogens (tertiary/aromatic N) is 2. The van der Waals surface area contributed by atoms with Crippen molar-refractivity contribution in [3.63, 3.8) is 0 Å². The van der Waals surface area contributed by atoms with Gasteiger partial charge in [0.2, 0.25) is 6.79 Å². The van der Waals surface area contributed by atoms with Crippen LogP contribution in [0.2, 0.25) is 0 Å². The Morgan fingerprint density at radius 1 is 1.17 bits per heavy atom. The van der Waals surface area contributed by atoms with Gasteiger partial charge in [0.15, 0.2) is 11.5 Å². The Kier molecular flexibility index (Phi) is 5.97. The minimum atomic E-state index is -0.425. The van der Waals surface area contributed by atoms with Crippen molar-refractivity contribution in [3.05, 3.63) is 59.4 Å². The number of oxime groups is 1. The smallest absolute Gasteiger partial charge is 0.231 e. The van der Waals surface area contributed by atoms with Crippen LogP contribution < -0.4 is 9.47 Å².